The number of rotatable bonds is 2. The van der Waals surface area contributed by atoms with Gasteiger partial charge in [-0.1, -0.05) is 30.3 Å². The summed E-state index contributed by atoms with van der Waals surface area (Å²) in [5.41, 5.74) is 1.27. The maximum atomic E-state index is 12.9. The predicted octanol–water partition coefficient (Wildman–Crippen LogP) is 2.84. The van der Waals surface area contributed by atoms with Crippen LogP contribution < -0.4 is 5.56 Å². The molecule has 1 aromatic heterocycles. The van der Waals surface area contributed by atoms with Gasteiger partial charge in [0.1, 0.15) is 5.82 Å². The van der Waals surface area contributed by atoms with Gasteiger partial charge in [0.15, 0.2) is 0 Å². The van der Waals surface area contributed by atoms with E-state index in [0.29, 0.717) is 10.9 Å². The van der Waals surface area contributed by atoms with Gasteiger partial charge in [-0.3, -0.25) is 19.5 Å². The summed E-state index contributed by atoms with van der Waals surface area (Å²) in [7, 11) is 0. The lowest BCUT2D eigenvalue weighted by molar-refractivity contribution is -0.384. The van der Waals surface area contributed by atoms with Crippen molar-refractivity contribution in [3.63, 3.8) is 0 Å². The number of fused-ring (bicyclic) bond motifs is 2. The van der Waals surface area contributed by atoms with Gasteiger partial charge >= 0.3 is 0 Å². The van der Waals surface area contributed by atoms with Crippen LogP contribution in [0.3, 0.4) is 0 Å². The molecule has 6 nitrogen and oxygen atoms in total. The Morgan fingerprint density at radius 1 is 1.17 bits per heavy atom. The largest absolute Gasteiger partial charge is 0.288 e. The Bertz CT molecular complexity index is 980. The third kappa shape index (κ3) is 2.11. The van der Waals surface area contributed by atoms with E-state index in [1.165, 1.54) is 12.1 Å². The minimum atomic E-state index is -0.495. The Morgan fingerprint density at radius 3 is 2.70 bits per heavy atom. The van der Waals surface area contributed by atoms with Crippen LogP contribution in [0.1, 0.15) is 23.9 Å². The molecule has 2 heterocycles. The second-order valence-electron chi connectivity index (χ2n) is 5.63. The van der Waals surface area contributed by atoms with Crippen LogP contribution in [-0.2, 0) is 6.42 Å². The summed E-state index contributed by atoms with van der Waals surface area (Å²) in [6.45, 7) is 0. The van der Waals surface area contributed by atoms with Gasteiger partial charge < -0.3 is 0 Å². The summed E-state index contributed by atoms with van der Waals surface area (Å²) in [5, 5.41) is 11.2. The van der Waals surface area contributed by atoms with Crippen LogP contribution in [0.4, 0.5) is 5.69 Å². The molecule has 0 radical (unpaired) electrons. The number of aromatic nitrogens is 2. The van der Waals surface area contributed by atoms with Gasteiger partial charge in [0, 0.05) is 18.6 Å². The zero-order valence-electron chi connectivity index (χ0n) is 12.2. The second-order valence-corrected chi connectivity index (χ2v) is 5.63. The van der Waals surface area contributed by atoms with E-state index in [1.807, 2.05) is 30.3 Å². The third-order valence-corrected chi connectivity index (χ3v) is 4.31. The maximum Gasteiger partial charge on any atom is 0.270 e. The molecule has 0 unspecified atom stereocenters. The van der Waals surface area contributed by atoms with Gasteiger partial charge in [-0.15, -0.1) is 0 Å². The van der Waals surface area contributed by atoms with Crippen molar-refractivity contribution in [3.8, 4) is 0 Å². The maximum absolute atomic E-state index is 12.9. The zero-order valence-corrected chi connectivity index (χ0v) is 12.2. The number of non-ortho nitro benzene ring substituents is 1. The molecule has 0 amide bonds. The number of hydrogen-bond acceptors (Lipinski definition) is 4. The molecule has 4 rings (SSSR count). The molecule has 1 aliphatic rings. The molecule has 6 heteroatoms. The van der Waals surface area contributed by atoms with Crippen molar-refractivity contribution in [3.05, 3.63) is 80.4 Å². The molecule has 0 saturated heterocycles. The SMILES string of the molecule is O=c1c2cc([N+](=O)[O-])ccc2nc2n1[C@H](c1ccccc1)CC2. The minimum Gasteiger partial charge on any atom is -0.288 e. The number of aryl methyl sites for hydroxylation is 1. The molecule has 0 spiro atoms. The average Bonchev–Trinajstić information content (AvgIpc) is 2.99. The first kappa shape index (κ1) is 13.6. The van der Waals surface area contributed by atoms with Gasteiger partial charge in [0.05, 0.1) is 21.9 Å². The minimum absolute atomic E-state index is 0.0603. The number of nitrogens with zero attached hydrogens (tertiary/aromatic N) is 3. The highest BCUT2D eigenvalue weighted by atomic mass is 16.6. The van der Waals surface area contributed by atoms with Crippen LogP contribution >= 0.6 is 0 Å². The van der Waals surface area contributed by atoms with Crippen molar-refractivity contribution in [2.24, 2.45) is 0 Å². The van der Waals surface area contributed by atoms with E-state index in [2.05, 4.69) is 4.98 Å². The topological polar surface area (TPSA) is 78.0 Å². The molecule has 1 aliphatic heterocycles. The van der Waals surface area contributed by atoms with Crippen molar-refractivity contribution in [1.82, 2.24) is 9.55 Å². The average molecular weight is 307 g/mol. The molecule has 3 aromatic rings. The Hall–Kier alpha value is -3.02. The highest BCUT2D eigenvalue weighted by Gasteiger charge is 2.27. The van der Waals surface area contributed by atoms with Crippen molar-refractivity contribution < 1.29 is 4.92 Å². The molecule has 0 fully saturated rings. The van der Waals surface area contributed by atoms with E-state index in [1.54, 1.807) is 10.6 Å². The third-order valence-electron chi connectivity index (χ3n) is 4.31. The number of nitro benzene ring substituents is 1. The number of hydrogen-bond donors (Lipinski definition) is 0. The lowest BCUT2D eigenvalue weighted by Gasteiger charge is -2.15. The van der Waals surface area contributed by atoms with Gasteiger partial charge in [-0.05, 0) is 18.1 Å². The number of benzene rings is 2. The van der Waals surface area contributed by atoms with E-state index in [0.717, 1.165) is 24.2 Å². The first-order chi connectivity index (χ1) is 11.1. The van der Waals surface area contributed by atoms with Crippen LogP contribution in [0.25, 0.3) is 10.9 Å². The van der Waals surface area contributed by atoms with Gasteiger partial charge in [0.25, 0.3) is 11.2 Å². The highest BCUT2D eigenvalue weighted by molar-refractivity contribution is 5.80. The van der Waals surface area contributed by atoms with E-state index in [-0.39, 0.29) is 17.3 Å². The molecule has 114 valence electrons. The second kappa shape index (κ2) is 5.01. The Morgan fingerprint density at radius 2 is 1.96 bits per heavy atom. The first-order valence-corrected chi connectivity index (χ1v) is 7.39. The summed E-state index contributed by atoms with van der Waals surface area (Å²) >= 11 is 0. The predicted molar refractivity (Wildman–Crippen MR) is 85.6 cm³/mol. The normalized spacial score (nSPS) is 16.4. The van der Waals surface area contributed by atoms with Gasteiger partial charge in [-0.25, -0.2) is 4.98 Å². The van der Waals surface area contributed by atoms with Crippen molar-refractivity contribution in [2.45, 2.75) is 18.9 Å². The van der Waals surface area contributed by atoms with Crippen molar-refractivity contribution in [1.29, 1.82) is 0 Å². The van der Waals surface area contributed by atoms with Gasteiger partial charge in [0.2, 0.25) is 0 Å². The first-order valence-electron chi connectivity index (χ1n) is 7.39. The zero-order chi connectivity index (χ0) is 16.0. The fourth-order valence-corrected chi connectivity index (χ4v) is 3.23. The molecule has 0 N–H and O–H groups in total. The molecule has 0 bridgehead atoms. The highest BCUT2D eigenvalue weighted by Crippen LogP contribution is 2.30. The van der Waals surface area contributed by atoms with Crippen LogP contribution in [0.15, 0.2) is 53.3 Å². The monoisotopic (exact) mass is 307 g/mol. The van der Waals surface area contributed by atoms with Crippen molar-refractivity contribution >= 4 is 16.6 Å². The van der Waals surface area contributed by atoms with Crippen LogP contribution in [0.5, 0.6) is 0 Å². The van der Waals surface area contributed by atoms with E-state index >= 15 is 0 Å². The van der Waals surface area contributed by atoms with Crippen LogP contribution in [0, 0.1) is 10.1 Å². The molecule has 1 atom stereocenters. The van der Waals surface area contributed by atoms with Gasteiger partial charge in [-0.2, -0.15) is 0 Å². The molecular weight excluding hydrogens is 294 g/mol. The Labute approximate surface area is 131 Å². The van der Waals surface area contributed by atoms with E-state index in [9.17, 15) is 14.9 Å². The summed E-state index contributed by atoms with van der Waals surface area (Å²) in [6.07, 6.45) is 1.53. The molecule has 0 saturated carbocycles. The smallest absolute Gasteiger partial charge is 0.270 e. The Balaban J connectivity index is 1.96. The molecular formula is C17H13N3O3. The number of nitro groups is 1. The summed E-state index contributed by atoms with van der Waals surface area (Å²) in [4.78, 5) is 27.9. The van der Waals surface area contributed by atoms with E-state index < -0.39 is 4.92 Å². The lowest BCUT2D eigenvalue weighted by atomic mass is 10.1. The molecule has 2 aromatic carbocycles. The summed E-state index contributed by atoms with van der Waals surface area (Å²) < 4.78 is 1.68. The fourth-order valence-electron chi connectivity index (χ4n) is 3.23. The standard InChI is InChI=1S/C17H13N3O3/c21-17-13-10-12(20(22)23)6-7-14(13)18-16-9-8-15(19(16)17)11-4-2-1-3-5-11/h1-7,10,15H,8-9H2/t15-/m0/s1. The quantitative estimate of drug-likeness (QED) is 0.539. The fraction of sp³-hybridized carbons (Fsp3) is 0.176. The molecule has 23 heavy (non-hydrogen) atoms. The lowest BCUT2D eigenvalue weighted by Crippen LogP contribution is -2.25. The van der Waals surface area contributed by atoms with Crippen LogP contribution in [-0.4, -0.2) is 14.5 Å². The molecule has 0 aliphatic carbocycles. The van der Waals surface area contributed by atoms with Crippen molar-refractivity contribution in [2.75, 3.05) is 0 Å². The van der Waals surface area contributed by atoms with E-state index in [4.69, 9.17) is 0 Å². The summed E-state index contributed by atoms with van der Waals surface area (Å²) in [5.74, 6) is 0.741. The summed E-state index contributed by atoms with van der Waals surface area (Å²) in [6, 6.07) is 14.0. The Kier molecular flexibility index (Phi) is 2.97. The van der Waals surface area contributed by atoms with Crippen LogP contribution in [0.2, 0.25) is 0 Å².